The zero-order valence-corrected chi connectivity index (χ0v) is 12.7. The Morgan fingerprint density at radius 1 is 1.23 bits per heavy atom. The van der Waals surface area contributed by atoms with E-state index in [0.29, 0.717) is 5.69 Å². The summed E-state index contributed by atoms with van der Waals surface area (Å²) in [6.45, 7) is 2.04. The van der Waals surface area contributed by atoms with Crippen LogP contribution in [-0.4, -0.2) is 20.7 Å². The van der Waals surface area contributed by atoms with Crippen molar-refractivity contribution in [2.24, 2.45) is 7.05 Å². The van der Waals surface area contributed by atoms with Crippen LogP contribution in [0.5, 0.6) is 0 Å². The third kappa shape index (κ3) is 2.57. The largest absolute Gasteiger partial charge is 0.342 e. The molecule has 0 aliphatic carbocycles. The Bertz CT molecular complexity index is 804. The lowest BCUT2D eigenvalue weighted by atomic mass is 10.1. The van der Waals surface area contributed by atoms with Crippen molar-refractivity contribution in [2.45, 2.75) is 19.4 Å². The van der Waals surface area contributed by atoms with E-state index in [2.05, 4.69) is 15.4 Å². The lowest BCUT2D eigenvalue weighted by molar-refractivity contribution is 0.0931. The Morgan fingerprint density at radius 3 is 2.77 bits per heavy atom. The van der Waals surface area contributed by atoms with E-state index < -0.39 is 0 Å². The number of pyridine rings is 1. The summed E-state index contributed by atoms with van der Waals surface area (Å²) in [6, 6.07) is 11.5. The Hall–Kier alpha value is -2.69. The number of aryl methyl sites for hydroxylation is 1. The average molecular weight is 294 g/mol. The molecule has 1 aromatic carbocycles. The minimum Gasteiger partial charge on any atom is -0.342 e. The Kier molecular flexibility index (Phi) is 3.87. The molecule has 1 N–H and O–H groups in total. The molecule has 2 heterocycles. The van der Waals surface area contributed by atoms with Crippen LogP contribution in [0.15, 0.2) is 48.8 Å². The topological polar surface area (TPSA) is 59.8 Å². The molecule has 5 heteroatoms. The molecule has 0 radical (unpaired) electrons. The summed E-state index contributed by atoms with van der Waals surface area (Å²) in [4.78, 5) is 16.9. The van der Waals surface area contributed by atoms with Crippen LogP contribution in [0.4, 0.5) is 0 Å². The summed E-state index contributed by atoms with van der Waals surface area (Å²) < 4.78 is 1.78. The van der Waals surface area contributed by atoms with Crippen molar-refractivity contribution in [3.63, 3.8) is 0 Å². The maximum Gasteiger partial charge on any atom is 0.271 e. The van der Waals surface area contributed by atoms with Gasteiger partial charge in [0.05, 0.1) is 11.7 Å². The van der Waals surface area contributed by atoms with E-state index in [4.69, 9.17) is 0 Å². The third-order valence-corrected chi connectivity index (χ3v) is 3.82. The minimum atomic E-state index is -0.162. The highest BCUT2D eigenvalue weighted by molar-refractivity contribution is 6.05. The van der Waals surface area contributed by atoms with Crippen LogP contribution in [0.1, 0.15) is 35.6 Å². The third-order valence-electron chi connectivity index (χ3n) is 3.82. The first-order valence-electron chi connectivity index (χ1n) is 7.33. The predicted octanol–water partition coefficient (Wildman–Crippen LogP) is 2.85. The number of hydrogen-bond acceptors (Lipinski definition) is 3. The van der Waals surface area contributed by atoms with Crippen LogP contribution < -0.4 is 5.32 Å². The second kappa shape index (κ2) is 5.97. The Labute approximate surface area is 129 Å². The fourth-order valence-corrected chi connectivity index (χ4v) is 2.64. The summed E-state index contributed by atoms with van der Waals surface area (Å²) in [5, 5.41) is 9.09. The number of amides is 1. The Balaban J connectivity index is 1.91. The van der Waals surface area contributed by atoms with E-state index >= 15 is 0 Å². The van der Waals surface area contributed by atoms with Gasteiger partial charge in [0, 0.05) is 24.8 Å². The molecule has 0 saturated carbocycles. The van der Waals surface area contributed by atoms with Gasteiger partial charge in [0.1, 0.15) is 5.69 Å². The maximum atomic E-state index is 12.6. The van der Waals surface area contributed by atoms with Gasteiger partial charge in [-0.2, -0.15) is 5.10 Å². The molecule has 0 bridgehead atoms. The van der Waals surface area contributed by atoms with Crippen molar-refractivity contribution < 1.29 is 4.79 Å². The highest BCUT2D eigenvalue weighted by Crippen LogP contribution is 2.19. The predicted molar refractivity (Wildman–Crippen MR) is 85.4 cm³/mol. The van der Waals surface area contributed by atoms with Crippen molar-refractivity contribution in [3.8, 4) is 0 Å². The number of carbonyl (C=O) groups is 1. The first-order chi connectivity index (χ1) is 10.7. The van der Waals surface area contributed by atoms with E-state index in [9.17, 15) is 4.79 Å². The van der Waals surface area contributed by atoms with E-state index in [1.807, 2.05) is 50.4 Å². The van der Waals surface area contributed by atoms with Crippen LogP contribution in [0.2, 0.25) is 0 Å². The molecule has 0 aliphatic heterocycles. The minimum absolute atomic E-state index is 0.0826. The standard InChI is InChI=1S/C17H18N4O/c1-3-14(15-9-11-19-21(15)2)20-17(22)16-13-7-5-4-6-12(13)8-10-18-16/h4-11,14H,3H2,1-2H3,(H,20,22)/t14-/m1/s1. The molecular formula is C17H18N4O. The van der Waals surface area contributed by atoms with Gasteiger partial charge in [0.2, 0.25) is 0 Å². The molecule has 112 valence electrons. The summed E-state index contributed by atoms with van der Waals surface area (Å²) in [5.74, 6) is -0.162. The zero-order chi connectivity index (χ0) is 15.5. The lowest BCUT2D eigenvalue weighted by Gasteiger charge is -2.17. The van der Waals surface area contributed by atoms with E-state index in [0.717, 1.165) is 22.9 Å². The number of nitrogens with zero attached hydrogens (tertiary/aromatic N) is 3. The smallest absolute Gasteiger partial charge is 0.271 e. The molecule has 2 aromatic heterocycles. The molecule has 22 heavy (non-hydrogen) atoms. The van der Waals surface area contributed by atoms with E-state index in [1.165, 1.54) is 0 Å². The molecule has 3 rings (SSSR count). The number of nitrogens with one attached hydrogen (secondary N) is 1. The number of aromatic nitrogens is 3. The molecule has 0 unspecified atom stereocenters. The molecule has 1 amide bonds. The number of carbonyl (C=O) groups excluding carboxylic acids is 1. The highest BCUT2D eigenvalue weighted by atomic mass is 16.1. The van der Waals surface area contributed by atoms with Crippen molar-refractivity contribution in [1.29, 1.82) is 0 Å². The molecular weight excluding hydrogens is 276 g/mol. The average Bonchev–Trinajstić information content (AvgIpc) is 2.97. The second-order valence-electron chi connectivity index (χ2n) is 5.19. The normalized spacial score (nSPS) is 12.3. The van der Waals surface area contributed by atoms with E-state index in [-0.39, 0.29) is 11.9 Å². The molecule has 0 fully saturated rings. The van der Waals surface area contributed by atoms with Gasteiger partial charge in [-0.3, -0.25) is 14.5 Å². The van der Waals surface area contributed by atoms with Gasteiger partial charge in [-0.25, -0.2) is 0 Å². The number of rotatable bonds is 4. The molecule has 0 aliphatic rings. The summed E-state index contributed by atoms with van der Waals surface area (Å²) in [7, 11) is 1.88. The quantitative estimate of drug-likeness (QED) is 0.805. The van der Waals surface area contributed by atoms with Gasteiger partial charge in [-0.1, -0.05) is 31.2 Å². The summed E-state index contributed by atoms with van der Waals surface area (Å²) >= 11 is 0. The van der Waals surface area contributed by atoms with Gasteiger partial charge in [-0.05, 0) is 23.9 Å². The summed E-state index contributed by atoms with van der Waals surface area (Å²) in [5.41, 5.74) is 1.44. The van der Waals surface area contributed by atoms with Gasteiger partial charge in [-0.15, -0.1) is 0 Å². The second-order valence-corrected chi connectivity index (χ2v) is 5.19. The van der Waals surface area contributed by atoms with Crippen LogP contribution in [0.25, 0.3) is 10.8 Å². The van der Waals surface area contributed by atoms with Gasteiger partial charge in [0.25, 0.3) is 5.91 Å². The van der Waals surface area contributed by atoms with Crippen molar-refractivity contribution >= 4 is 16.7 Å². The molecule has 5 nitrogen and oxygen atoms in total. The molecule has 1 atom stereocenters. The Morgan fingerprint density at radius 2 is 2.05 bits per heavy atom. The van der Waals surface area contributed by atoms with Crippen LogP contribution in [0, 0.1) is 0 Å². The summed E-state index contributed by atoms with van der Waals surface area (Å²) in [6.07, 6.45) is 4.19. The van der Waals surface area contributed by atoms with E-state index in [1.54, 1.807) is 17.1 Å². The fourth-order valence-electron chi connectivity index (χ4n) is 2.64. The molecule has 0 spiro atoms. The maximum absolute atomic E-state index is 12.6. The fraction of sp³-hybridized carbons (Fsp3) is 0.235. The van der Waals surface area contributed by atoms with Crippen molar-refractivity contribution in [3.05, 3.63) is 60.2 Å². The SMILES string of the molecule is CC[C@@H](NC(=O)c1nccc2ccccc12)c1ccnn1C. The van der Waals surface area contributed by atoms with Gasteiger partial charge < -0.3 is 5.32 Å². The van der Waals surface area contributed by atoms with Gasteiger partial charge >= 0.3 is 0 Å². The molecule has 3 aromatic rings. The lowest BCUT2D eigenvalue weighted by Crippen LogP contribution is -2.30. The molecule has 0 saturated heterocycles. The monoisotopic (exact) mass is 294 g/mol. The van der Waals surface area contributed by atoms with Crippen molar-refractivity contribution in [2.75, 3.05) is 0 Å². The zero-order valence-electron chi connectivity index (χ0n) is 12.7. The number of fused-ring (bicyclic) bond motifs is 1. The first-order valence-corrected chi connectivity index (χ1v) is 7.33. The van der Waals surface area contributed by atoms with Crippen LogP contribution in [0.3, 0.4) is 0 Å². The van der Waals surface area contributed by atoms with Gasteiger partial charge in [0.15, 0.2) is 0 Å². The van der Waals surface area contributed by atoms with Crippen LogP contribution in [-0.2, 0) is 7.05 Å². The number of benzene rings is 1. The van der Waals surface area contributed by atoms with Crippen molar-refractivity contribution in [1.82, 2.24) is 20.1 Å². The number of hydrogen-bond donors (Lipinski definition) is 1. The first kappa shape index (κ1) is 14.3. The van der Waals surface area contributed by atoms with Crippen LogP contribution >= 0.6 is 0 Å². The highest BCUT2D eigenvalue weighted by Gasteiger charge is 2.18.